The third-order valence-electron chi connectivity index (χ3n) is 5.36. The highest BCUT2D eigenvalue weighted by atomic mass is 16.5. The summed E-state index contributed by atoms with van der Waals surface area (Å²) in [6, 6.07) is 8.54. The Morgan fingerprint density at radius 2 is 1.88 bits per heavy atom. The first kappa shape index (κ1) is 17.3. The number of nitrogens with zero attached hydrogens (tertiary/aromatic N) is 2. The fraction of sp³-hybridized carbons (Fsp3) is 0.650. The number of benzene rings is 1. The van der Waals surface area contributed by atoms with E-state index in [0.29, 0.717) is 6.04 Å². The molecule has 2 heterocycles. The van der Waals surface area contributed by atoms with Crippen molar-refractivity contribution in [3.63, 3.8) is 0 Å². The standard InChI is InChI=1S/C20H30N2O2/c1-24-16-8-10-17-9-4-5-15-22(17)20(23)18-11-2-3-12-19(18)21-13-6-7-14-21/h2-3,11-12,17H,4-10,13-16H2,1H3. The van der Waals surface area contributed by atoms with E-state index < -0.39 is 0 Å². The second-order valence-electron chi connectivity index (χ2n) is 6.99. The third-order valence-corrected chi connectivity index (χ3v) is 5.36. The lowest BCUT2D eigenvalue weighted by molar-refractivity contribution is 0.0585. The molecule has 0 aliphatic carbocycles. The molecular weight excluding hydrogens is 300 g/mol. The Balaban J connectivity index is 1.76. The van der Waals surface area contributed by atoms with Crippen LogP contribution in [0.1, 0.15) is 55.3 Å². The van der Waals surface area contributed by atoms with E-state index in [2.05, 4.69) is 21.9 Å². The highest BCUT2D eigenvalue weighted by molar-refractivity contribution is 6.00. The topological polar surface area (TPSA) is 32.8 Å². The van der Waals surface area contributed by atoms with Crippen molar-refractivity contribution in [1.82, 2.24) is 4.90 Å². The SMILES string of the molecule is COCCCC1CCCCN1C(=O)c1ccccc1N1CCCC1. The number of para-hydroxylation sites is 1. The van der Waals surface area contributed by atoms with Gasteiger partial charge in [-0.25, -0.2) is 0 Å². The zero-order valence-electron chi connectivity index (χ0n) is 14.9. The summed E-state index contributed by atoms with van der Waals surface area (Å²) in [4.78, 5) is 17.8. The van der Waals surface area contributed by atoms with Crippen LogP contribution in [0.25, 0.3) is 0 Å². The Morgan fingerprint density at radius 1 is 1.12 bits per heavy atom. The van der Waals surface area contributed by atoms with Gasteiger partial charge in [-0.1, -0.05) is 12.1 Å². The summed E-state index contributed by atoms with van der Waals surface area (Å²) < 4.78 is 5.19. The number of likely N-dealkylation sites (tertiary alicyclic amines) is 1. The van der Waals surface area contributed by atoms with E-state index in [1.165, 1.54) is 19.3 Å². The van der Waals surface area contributed by atoms with Gasteiger partial charge in [0.15, 0.2) is 0 Å². The van der Waals surface area contributed by atoms with Crippen molar-refractivity contribution in [3.05, 3.63) is 29.8 Å². The molecule has 4 nitrogen and oxygen atoms in total. The summed E-state index contributed by atoms with van der Waals surface area (Å²) >= 11 is 0. The number of hydrogen-bond acceptors (Lipinski definition) is 3. The van der Waals surface area contributed by atoms with Crippen LogP contribution in [0, 0.1) is 0 Å². The van der Waals surface area contributed by atoms with Crippen molar-refractivity contribution in [2.45, 2.75) is 51.0 Å². The molecule has 1 atom stereocenters. The van der Waals surface area contributed by atoms with Crippen LogP contribution in [0.4, 0.5) is 5.69 Å². The highest BCUT2D eigenvalue weighted by Crippen LogP contribution is 2.29. The molecule has 24 heavy (non-hydrogen) atoms. The van der Waals surface area contributed by atoms with Crippen LogP contribution in [-0.4, -0.2) is 50.2 Å². The Labute approximate surface area is 145 Å². The summed E-state index contributed by atoms with van der Waals surface area (Å²) in [6.07, 6.45) is 8.01. The molecule has 1 aromatic rings. The van der Waals surface area contributed by atoms with Crippen molar-refractivity contribution in [2.24, 2.45) is 0 Å². The van der Waals surface area contributed by atoms with Gasteiger partial charge in [0.2, 0.25) is 0 Å². The van der Waals surface area contributed by atoms with E-state index in [1.54, 1.807) is 7.11 Å². The molecule has 2 aliphatic heterocycles. The van der Waals surface area contributed by atoms with Crippen LogP contribution in [0.5, 0.6) is 0 Å². The van der Waals surface area contributed by atoms with Crippen molar-refractivity contribution in [2.75, 3.05) is 38.3 Å². The average Bonchev–Trinajstić information content (AvgIpc) is 3.16. The summed E-state index contributed by atoms with van der Waals surface area (Å²) in [6.45, 7) is 3.82. The number of carbonyl (C=O) groups is 1. The maximum atomic E-state index is 13.3. The summed E-state index contributed by atoms with van der Waals surface area (Å²) in [5.74, 6) is 0.222. The molecule has 0 aromatic heterocycles. The molecule has 0 bridgehead atoms. The molecule has 2 fully saturated rings. The first-order chi connectivity index (χ1) is 11.8. The number of methoxy groups -OCH3 is 1. The lowest BCUT2D eigenvalue weighted by Gasteiger charge is -2.37. The molecule has 2 aliphatic rings. The first-order valence-electron chi connectivity index (χ1n) is 9.45. The number of rotatable bonds is 6. The molecule has 132 valence electrons. The minimum Gasteiger partial charge on any atom is -0.385 e. The van der Waals surface area contributed by atoms with Gasteiger partial charge in [-0.05, 0) is 57.1 Å². The van der Waals surface area contributed by atoms with Gasteiger partial charge >= 0.3 is 0 Å². The van der Waals surface area contributed by atoms with Crippen molar-refractivity contribution in [1.29, 1.82) is 0 Å². The number of anilines is 1. The Kier molecular flexibility index (Phi) is 6.13. The Hall–Kier alpha value is -1.55. The van der Waals surface area contributed by atoms with Crippen molar-refractivity contribution < 1.29 is 9.53 Å². The normalized spacial score (nSPS) is 21.3. The molecular formula is C20H30N2O2. The molecule has 0 spiro atoms. The number of amides is 1. The number of piperidine rings is 1. The minimum atomic E-state index is 0.222. The largest absolute Gasteiger partial charge is 0.385 e. The van der Waals surface area contributed by atoms with Gasteiger partial charge < -0.3 is 14.5 Å². The predicted octanol–water partition coefficient (Wildman–Crippen LogP) is 3.71. The van der Waals surface area contributed by atoms with Gasteiger partial charge in [-0.2, -0.15) is 0 Å². The maximum absolute atomic E-state index is 13.3. The highest BCUT2D eigenvalue weighted by Gasteiger charge is 2.29. The van der Waals surface area contributed by atoms with Gasteiger partial charge in [0.25, 0.3) is 5.91 Å². The van der Waals surface area contributed by atoms with Crippen LogP contribution < -0.4 is 4.90 Å². The molecule has 1 unspecified atom stereocenters. The third kappa shape index (κ3) is 3.92. The molecule has 0 N–H and O–H groups in total. The van der Waals surface area contributed by atoms with E-state index in [0.717, 1.165) is 63.2 Å². The van der Waals surface area contributed by atoms with E-state index in [1.807, 2.05) is 12.1 Å². The van der Waals surface area contributed by atoms with Gasteiger partial charge in [0.1, 0.15) is 0 Å². The molecule has 0 saturated carbocycles. The molecule has 1 amide bonds. The number of hydrogen-bond donors (Lipinski definition) is 0. The van der Waals surface area contributed by atoms with Crippen molar-refractivity contribution >= 4 is 11.6 Å². The monoisotopic (exact) mass is 330 g/mol. The van der Waals surface area contributed by atoms with Gasteiger partial charge in [-0.15, -0.1) is 0 Å². The van der Waals surface area contributed by atoms with Gasteiger partial charge in [0, 0.05) is 45.1 Å². The smallest absolute Gasteiger partial charge is 0.256 e. The summed E-state index contributed by atoms with van der Waals surface area (Å²) in [5, 5.41) is 0. The van der Waals surface area contributed by atoms with Crippen molar-refractivity contribution in [3.8, 4) is 0 Å². The predicted molar refractivity (Wildman–Crippen MR) is 97.7 cm³/mol. The fourth-order valence-electron chi connectivity index (χ4n) is 4.07. The number of carbonyl (C=O) groups excluding carboxylic acids is 1. The Morgan fingerprint density at radius 3 is 2.67 bits per heavy atom. The average molecular weight is 330 g/mol. The van der Waals surface area contributed by atoms with Gasteiger partial charge in [0.05, 0.1) is 5.56 Å². The molecule has 3 rings (SSSR count). The lowest BCUT2D eigenvalue weighted by Crippen LogP contribution is -2.44. The van der Waals surface area contributed by atoms with E-state index in [-0.39, 0.29) is 5.91 Å². The molecule has 2 saturated heterocycles. The molecule has 1 aromatic carbocycles. The van der Waals surface area contributed by atoms with Crippen LogP contribution in [0.3, 0.4) is 0 Å². The minimum absolute atomic E-state index is 0.222. The quantitative estimate of drug-likeness (QED) is 0.746. The van der Waals surface area contributed by atoms with Crippen LogP contribution >= 0.6 is 0 Å². The Bertz CT molecular complexity index is 540. The van der Waals surface area contributed by atoms with E-state index in [9.17, 15) is 4.79 Å². The van der Waals surface area contributed by atoms with Crippen LogP contribution in [-0.2, 0) is 4.74 Å². The molecule has 4 heteroatoms. The zero-order chi connectivity index (χ0) is 16.8. The summed E-state index contributed by atoms with van der Waals surface area (Å²) in [5.41, 5.74) is 2.01. The first-order valence-corrected chi connectivity index (χ1v) is 9.45. The fourth-order valence-corrected chi connectivity index (χ4v) is 4.07. The summed E-state index contributed by atoms with van der Waals surface area (Å²) in [7, 11) is 1.75. The van der Waals surface area contributed by atoms with E-state index >= 15 is 0 Å². The number of ether oxygens (including phenoxy) is 1. The van der Waals surface area contributed by atoms with Gasteiger partial charge in [-0.3, -0.25) is 4.79 Å². The van der Waals surface area contributed by atoms with Crippen LogP contribution in [0.2, 0.25) is 0 Å². The molecule has 0 radical (unpaired) electrons. The lowest BCUT2D eigenvalue weighted by atomic mass is 9.96. The second kappa shape index (κ2) is 8.52. The maximum Gasteiger partial charge on any atom is 0.256 e. The zero-order valence-corrected chi connectivity index (χ0v) is 14.9. The van der Waals surface area contributed by atoms with Crippen LogP contribution in [0.15, 0.2) is 24.3 Å². The second-order valence-corrected chi connectivity index (χ2v) is 6.99. The van der Waals surface area contributed by atoms with E-state index in [4.69, 9.17) is 4.74 Å².